The Morgan fingerprint density at radius 1 is 1.05 bits per heavy atom. The van der Waals surface area contributed by atoms with Gasteiger partial charge in [0.05, 0.1) is 18.7 Å². The first-order valence-electron chi connectivity index (χ1n) is 12.7. The van der Waals surface area contributed by atoms with Gasteiger partial charge in [-0.1, -0.05) is 6.08 Å². The Bertz CT molecular complexity index is 1590. The normalized spacial score (nSPS) is 24.1. The molecule has 0 radical (unpaired) electrons. The number of aromatic hydroxyl groups is 2. The van der Waals surface area contributed by atoms with Crippen molar-refractivity contribution in [3.8, 4) is 17.2 Å². The van der Waals surface area contributed by atoms with E-state index in [1.165, 1.54) is 38.9 Å². The van der Waals surface area contributed by atoms with Crippen molar-refractivity contribution < 1.29 is 43.7 Å². The molecule has 5 rings (SSSR count). The third kappa shape index (κ3) is 3.50. The predicted octanol–water partition coefficient (Wildman–Crippen LogP) is 2.01. The zero-order chi connectivity index (χ0) is 29.4. The minimum absolute atomic E-state index is 0.0164. The molecular weight excluding hydrogens is 520 g/mol. The third-order valence-corrected chi connectivity index (χ3v) is 8.15. The SMILES string of the molecule is C/C=C(/C)C(=O)OC[C@H]1C2=C(C=C3[C@H]4N[C@@H](C(=O)c5c(O)c(C)c(OC)c(O)c54)C(=O)N31)C(=O)C(C)=C(C)C2=O. The van der Waals surface area contributed by atoms with Gasteiger partial charge < -0.3 is 24.6 Å². The molecule has 208 valence electrons. The van der Waals surface area contributed by atoms with Crippen molar-refractivity contribution in [2.75, 3.05) is 13.7 Å². The summed E-state index contributed by atoms with van der Waals surface area (Å²) in [6.45, 7) is 7.24. The van der Waals surface area contributed by atoms with E-state index in [-0.39, 0.29) is 50.4 Å². The lowest BCUT2D eigenvalue weighted by Crippen LogP contribution is -2.65. The largest absolute Gasteiger partial charge is 0.507 e. The summed E-state index contributed by atoms with van der Waals surface area (Å²) in [5, 5.41) is 25.0. The molecule has 3 atom stereocenters. The first-order chi connectivity index (χ1) is 18.9. The van der Waals surface area contributed by atoms with Gasteiger partial charge in [0.25, 0.3) is 5.91 Å². The lowest BCUT2D eigenvalue weighted by atomic mass is 9.75. The maximum atomic E-state index is 13.9. The molecule has 1 aromatic rings. The summed E-state index contributed by atoms with van der Waals surface area (Å²) < 4.78 is 10.8. The molecule has 3 aliphatic heterocycles. The summed E-state index contributed by atoms with van der Waals surface area (Å²) in [6, 6.07) is -3.76. The Kier molecular flexibility index (Phi) is 6.30. The van der Waals surface area contributed by atoms with E-state index in [0.29, 0.717) is 5.57 Å². The van der Waals surface area contributed by atoms with E-state index in [4.69, 9.17) is 9.47 Å². The van der Waals surface area contributed by atoms with Crippen molar-refractivity contribution in [1.29, 1.82) is 0 Å². The van der Waals surface area contributed by atoms with Gasteiger partial charge >= 0.3 is 5.97 Å². The molecule has 1 aliphatic carbocycles. The number of hydrogen-bond acceptors (Lipinski definition) is 10. The Labute approximate surface area is 229 Å². The van der Waals surface area contributed by atoms with Crippen molar-refractivity contribution in [2.24, 2.45) is 0 Å². The number of hydrogen-bond donors (Lipinski definition) is 3. The molecule has 2 bridgehead atoms. The minimum Gasteiger partial charge on any atom is -0.507 e. The number of carbonyl (C=O) groups is 5. The molecule has 0 spiro atoms. The molecule has 1 saturated heterocycles. The number of nitrogens with zero attached hydrogens (tertiary/aromatic N) is 1. The number of ether oxygens (including phenoxy) is 2. The molecule has 11 heteroatoms. The van der Waals surface area contributed by atoms with Crippen molar-refractivity contribution in [3.63, 3.8) is 0 Å². The van der Waals surface area contributed by atoms with E-state index >= 15 is 0 Å². The van der Waals surface area contributed by atoms with Crippen molar-refractivity contribution >= 4 is 29.2 Å². The van der Waals surface area contributed by atoms with Gasteiger partial charge in [0.15, 0.2) is 34.9 Å². The number of ketones is 3. The smallest absolute Gasteiger partial charge is 0.333 e. The Morgan fingerprint density at radius 2 is 1.70 bits per heavy atom. The average Bonchev–Trinajstić information content (AvgIpc) is 2.94. The zero-order valence-corrected chi connectivity index (χ0v) is 22.8. The lowest BCUT2D eigenvalue weighted by Gasteiger charge is -2.49. The van der Waals surface area contributed by atoms with Gasteiger partial charge in [-0.25, -0.2) is 4.79 Å². The zero-order valence-electron chi connectivity index (χ0n) is 22.8. The molecule has 0 unspecified atom stereocenters. The first-order valence-corrected chi connectivity index (χ1v) is 12.7. The highest BCUT2D eigenvalue weighted by atomic mass is 16.5. The van der Waals surface area contributed by atoms with Crippen LogP contribution in [0.1, 0.15) is 55.2 Å². The number of phenolic OH excluding ortho intramolecular Hbond substituents is 2. The maximum Gasteiger partial charge on any atom is 0.333 e. The molecule has 3 heterocycles. The molecule has 0 saturated carbocycles. The fourth-order valence-corrected chi connectivity index (χ4v) is 5.68. The Balaban J connectivity index is 1.76. The summed E-state index contributed by atoms with van der Waals surface area (Å²) in [7, 11) is 1.29. The maximum absolute atomic E-state index is 13.9. The van der Waals surface area contributed by atoms with E-state index in [1.54, 1.807) is 19.9 Å². The molecule has 4 aliphatic rings. The van der Waals surface area contributed by atoms with Crippen LogP contribution in [0, 0.1) is 6.92 Å². The van der Waals surface area contributed by atoms with E-state index in [2.05, 4.69) is 5.32 Å². The van der Waals surface area contributed by atoms with E-state index in [1.807, 2.05) is 0 Å². The number of carbonyl (C=O) groups excluding carboxylic acids is 5. The van der Waals surface area contributed by atoms with Crippen LogP contribution >= 0.6 is 0 Å². The number of Topliss-reactive ketones (excluding diaryl/α,β-unsaturated/α-hetero) is 3. The molecule has 3 N–H and O–H groups in total. The fourth-order valence-electron chi connectivity index (χ4n) is 5.68. The van der Waals surface area contributed by atoms with Crippen LogP contribution in [0.15, 0.2) is 45.7 Å². The summed E-state index contributed by atoms with van der Waals surface area (Å²) >= 11 is 0. The summed E-state index contributed by atoms with van der Waals surface area (Å²) in [5.74, 6) is -4.05. The molecule has 1 aromatic carbocycles. The number of rotatable bonds is 4. The summed E-state index contributed by atoms with van der Waals surface area (Å²) in [5.41, 5.74) is 0.742. The highest BCUT2D eigenvalue weighted by Crippen LogP contribution is 2.52. The number of benzene rings is 1. The highest BCUT2D eigenvalue weighted by Gasteiger charge is 2.55. The number of phenols is 2. The second kappa shape index (κ2) is 9.30. The molecule has 1 fully saturated rings. The number of amides is 1. The molecule has 11 nitrogen and oxygen atoms in total. The summed E-state index contributed by atoms with van der Waals surface area (Å²) in [6.07, 6.45) is 2.93. The average molecular weight is 549 g/mol. The van der Waals surface area contributed by atoms with E-state index < -0.39 is 65.5 Å². The molecule has 40 heavy (non-hydrogen) atoms. The van der Waals surface area contributed by atoms with Crippen LogP contribution in [0.3, 0.4) is 0 Å². The molecule has 0 aromatic heterocycles. The van der Waals surface area contributed by atoms with Gasteiger partial charge in [0.1, 0.15) is 18.4 Å². The van der Waals surface area contributed by atoms with Gasteiger partial charge in [-0.2, -0.15) is 0 Å². The number of nitrogens with one attached hydrogen (secondary N) is 1. The van der Waals surface area contributed by atoms with Crippen molar-refractivity contribution in [2.45, 2.75) is 52.7 Å². The number of fused-ring (bicyclic) bond motifs is 6. The minimum atomic E-state index is -1.47. The van der Waals surface area contributed by atoms with Crippen LogP contribution in [0.2, 0.25) is 0 Å². The second-order valence-corrected chi connectivity index (χ2v) is 10.1. The van der Waals surface area contributed by atoms with Crippen molar-refractivity contribution in [1.82, 2.24) is 10.2 Å². The van der Waals surface area contributed by atoms with Gasteiger partial charge in [0, 0.05) is 44.7 Å². The molecular formula is C29H28N2O9. The fraction of sp³-hybridized carbons (Fsp3) is 0.345. The monoisotopic (exact) mass is 548 g/mol. The number of esters is 1. The quantitative estimate of drug-likeness (QED) is 0.167. The van der Waals surface area contributed by atoms with Crippen LogP contribution in [0.5, 0.6) is 17.2 Å². The van der Waals surface area contributed by atoms with Gasteiger partial charge in [-0.05, 0) is 40.7 Å². The van der Waals surface area contributed by atoms with Crippen LogP contribution in [0.4, 0.5) is 0 Å². The van der Waals surface area contributed by atoms with Gasteiger partial charge in [-0.3, -0.25) is 24.5 Å². The predicted molar refractivity (Wildman–Crippen MR) is 140 cm³/mol. The number of allylic oxidation sites excluding steroid dienone is 5. The summed E-state index contributed by atoms with van der Waals surface area (Å²) in [4.78, 5) is 68.1. The standard InChI is InChI=1S/C29H28N2O9/c1-7-10(2)29(38)40-9-16-17-14(22(32)11(3)12(4)23(17)33)8-15-20-18-19(24(34)13(5)27(39-6)26(18)36)25(35)21(30-20)28(37)31(15)16/h7-8,16,20-21,30,34,36H,9H2,1-6H3/b10-7-/t16-,20+,21-/m0/s1. The first kappa shape index (κ1) is 27.1. The van der Waals surface area contributed by atoms with Gasteiger partial charge in [-0.15, -0.1) is 0 Å². The highest BCUT2D eigenvalue weighted by molar-refractivity contribution is 6.27. The number of piperazine rings is 1. The third-order valence-electron chi connectivity index (χ3n) is 8.15. The topological polar surface area (TPSA) is 160 Å². The Hall–Kier alpha value is -4.51. The van der Waals surface area contributed by atoms with Crippen LogP contribution < -0.4 is 10.1 Å². The van der Waals surface area contributed by atoms with E-state index in [0.717, 1.165) is 0 Å². The van der Waals surface area contributed by atoms with Crippen LogP contribution in [-0.2, 0) is 23.9 Å². The lowest BCUT2D eigenvalue weighted by molar-refractivity contribution is -0.145. The van der Waals surface area contributed by atoms with Crippen LogP contribution in [-0.4, -0.2) is 70.1 Å². The van der Waals surface area contributed by atoms with Crippen molar-refractivity contribution in [3.05, 3.63) is 62.4 Å². The second-order valence-electron chi connectivity index (χ2n) is 10.1. The van der Waals surface area contributed by atoms with Crippen LogP contribution in [0.25, 0.3) is 0 Å². The van der Waals surface area contributed by atoms with Gasteiger partial charge in [0.2, 0.25) is 0 Å². The van der Waals surface area contributed by atoms with E-state index in [9.17, 15) is 34.2 Å². The molecule has 1 amide bonds. The number of methoxy groups -OCH3 is 1. The Morgan fingerprint density at radius 3 is 2.33 bits per heavy atom.